The highest BCUT2D eigenvalue weighted by Gasteiger charge is 2.16. The van der Waals surface area contributed by atoms with Crippen molar-refractivity contribution in [3.05, 3.63) is 39.9 Å². The molecule has 0 aliphatic carbocycles. The smallest absolute Gasteiger partial charge is 0.261 e. The first-order chi connectivity index (χ1) is 10.4. The monoisotopic (exact) mass is 320 g/mol. The van der Waals surface area contributed by atoms with Crippen LogP contribution in [0, 0.1) is 18.6 Å². The number of amides is 1. The Morgan fingerprint density at radius 2 is 2.23 bits per heavy atom. The highest BCUT2D eigenvalue weighted by Crippen LogP contribution is 2.21. The molecule has 2 N–H and O–H groups in total. The maximum atomic E-state index is 12.1. The second kappa shape index (κ2) is 6.74. The molecule has 22 heavy (non-hydrogen) atoms. The fraction of sp³-hybridized carbons (Fsp3) is 0.400. The van der Waals surface area contributed by atoms with Gasteiger partial charge in [-0.1, -0.05) is 12.1 Å². The first kappa shape index (κ1) is 16.2. The van der Waals surface area contributed by atoms with Crippen LogP contribution in [0.2, 0.25) is 0 Å². The molecule has 0 saturated heterocycles. The number of aromatic nitrogens is 3. The van der Waals surface area contributed by atoms with Gasteiger partial charge in [-0.15, -0.1) is 0 Å². The van der Waals surface area contributed by atoms with E-state index in [4.69, 9.17) is 17.0 Å². The van der Waals surface area contributed by atoms with Crippen LogP contribution in [0.15, 0.2) is 18.2 Å². The van der Waals surface area contributed by atoms with Gasteiger partial charge in [-0.25, -0.2) is 0 Å². The van der Waals surface area contributed by atoms with Gasteiger partial charge in [0.2, 0.25) is 0 Å². The summed E-state index contributed by atoms with van der Waals surface area (Å²) in [5.74, 6) is 1.19. The van der Waals surface area contributed by atoms with Crippen molar-refractivity contribution < 1.29 is 9.53 Å². The Morgan fingerprint density at radius 1 is 1.50 bits per heavy atom. The molecule has 1 aromatic heterocycles. The number of H-pyrrole nitrogens is 1. The van der Waals surface area contributed by atoms with Gasteiger partial charge >= 0.3 is 0 Å². The summed E-state index contributed by atoms with van der Waals surface area (Å²) in [7, 11) is 1.79. The number of benzene rings is 1. The Kier molecular flexibility index (Phi) is 4.97. The quantitative estimate of drug-likeness (QED) is 0.828. The van der Waals surface area contributed by atoms with Gasteiger partial charge in [0.15, 0.2) is 16.7 Å². The van der Waals surface area contributed by atoms with Crippen molar-refractivity contribution in [3.8, 4) is 5.75 Å². The lowest BCUT2D eigenvalue weighted by Crippen LogP contribution is -2.36. The van der Waals surface area contributed by atoms with Crippen molar-refractivity contribution in [2.75, 3.05) is 0 Å². The van der Waals surface area contributed by atoms with Gasteiger partial charge in [0.25, 0.3) is 5.91 Å². The van der Waals surface area contributed by atoms with Crippen LogP contribution in [0.3, 0.4) is 0 Å². The third-order valence-electron chi connectivity index (χ3n) is 3.62. The standard InChI is InChI=1S/C15H20N4O2S/c1-9-6-5-7-12(10(9)2)21-11(3)14(20)16-8-13-17-18-15(22)19(13)4/h5-7,11H,8H2,1-4H3,(H,16,20)(H,18,22). The molecule has 0 radical (unpaired) electrons. The zero-order valence-electron chi connectivity index (χ0n) is 13.1. The highest BCUT2D eigenvalue weighted by molar-refractivity contribution is 7.71. The predicted octanol–water partition coefficient (Wildman–Crippen LogP) is 2.18. The van der Waals surface area contributed by atoms with E-state index < -0.39 is 6.10 Å². The summed E-state index contributed by atoms with van der Waals surface area (Å²) < 4.78 is 7.98. The van der Waals surface area contributed by atoms with E-state index in [0.29, 0.717) is 17.1 Å². The van der Waals surface area contributed by atoms with E-state index in [0.717, 1.165) is 16.9 Å². The fourth-order valence-corrected chi connectivity index (χ4v) is 2.09. The van der Waals surface area contributed by atoms with Crippen LogP contribution < -0.4 is 10.1 Å². The molecular weight excluding hydrogens is 300 g/mol. The van der Waals surface area contributed by atoms with Gasteiger partial charge in [0.05, 0.1) is 6.54 Å². The molecule has 118 valence electrons. The first-order valence-corrected chi connectivity index (χ1v) is 7.42. The zero-order chi connectivity index (χ0) is 16.3. The normalized spacial score (nSPS) is 12.0. The first-order valence-electron chi connectivity index (χ1n) is 7.01. The molecule has 1 unspecified atom stereocenters. The number of rotatable bonds is 5. The Bertz CT molecular complexity index is 735. The number of aryl methyl sites for hydroxylation is 1. The third-order valence-corrected chi connectivity index (χ3v) is 3.99. The van der Waals surface area contributed by atoms with E-state index >= 15 is 0 Å². The molecular formula is C15H20N4O2S. The number of ether oxygens (including phenoxy) is 1. The van der Waals surface area contributed by atoms with Crippen molar-refractivity contribution in [1.29, 1.82) is 0 Å². The lowest BCUT2D eigenvalue weighted by molar-refractivity contribution is -0.127. The van der Waals surface area contributed by atoms with E-state index in [9.17, 15) is 4.79 Å². The summed E-state index contributed by atoms with van der Waals surface area (Å²) in [4.78, 5) is 12.1. The zero-order valence-corrected chi connectivity index (χ0v) is 14.0. The largest absolute Gasteiger partial charge is 0.481 e. The number of carbonyl (C=O) groups excluding carboxylic acids is 1. The average Bonchev–Trinajstić information content (AvgIpc) is 2.81. The second-order valence-corrected chi connectivity index (χ2v) is 5.57. The van der Waals surface area contributed by atoms with E-state index in [1.54, 1.807) is 18.5 Å². The number of hydrogen-bond acceptors (Lipinski definition) is 4. The molecule has 0 bridgehead atoms. The van der Waals surface area contributed by atoms with Gasteiger partial charge in [-0.05, 0) is 50.2 Å². The second-order valence-electron chi connectivity index (χ2n) is 5.18. The molecule has 6 nitrogen and oxygen atoms in total. The summed E-state index contributed by atoms with van der Waals surface area (Å²) in [6.45, 7) is 6.00. The molecule has 1 aromatic carbocycles. The minimum Gasteiger partial charge on any atom is -0.481 e. The molecule has 0 saturated carbocycles. The molecule has 0 spiro atoms. The summed E-state index contributed by atoms with van der Waals surface area (Å²) in [6.07, 6.45) is -0.590. The van der Waals surface area contributed by atoms with Crippen LogP contribution in [0.25, 0.3) is 0 Å². The maximum absolute atomic E-state index is 12.1. The molecule has 0 aliphatic heterocycles. The summed E-state index contributed by atoms with van der Waals surface area (Å²) in [5, 5.41) is 9.52. The SMILES string of the molecule is Cc1cccc(OC(C)C(=O)NCc2n[nH]c(=S)n2C)c1C. The van der Waals surface area contributed by atoms with Gasteiger partial charge in [-0.3, -0.25) is 9.89 Å². The van der Waals surface area contributed by atoms with Crippen molar-refractivity contribution in [3.63, 3.8) is 0 Å². The number of hydrogen-bond donors (Lipinski definition) is 2. The van der Waals surface area contributed by atoms with Gasteiger partial charge in [-0.2, -0.15) is 5.10 Å². The van der Waals surface area contributed by atoms with Crippen LogP contribution >= 0.6 is 12.2 Å². The van der Waals surface area contributed by atoms with Crippen molar-refractivity contribution in [2.45, 2.75) is 33.4 Å². The Labute approximate surface area is 134 Å². The van der Waals surface area contributed by atoms with E-state index in [1.165, 1.54) is 0 Å². The fourth-order valence-electron chi connectivity index (χ4n) is 1.94. The van der Waals surface area contributed by atoms with Gasteiger partial charge in [0, 0.05) is 7.05 Å². The Hall–Kier alpha value is -2.15. The Morgan fingerprint density at radius 3 is 2.86 bits per heavy atom. The van der Waals surface area contributed by atoms with Crippen LogP contribution in [-0.2, 0) is 18.4 Å². The topological polar surface area (TPSA) is 71.9 Å². The molecule has 2 aromatic rings. The van der Waals surface area contributed by atoms with E-state index in [2.05, 4.69) is 15.5 Å². The maximum Gasteiger partial charge on any atom is 0.261 e. The van der Waals surface area contributed by atoms with Crippen molar-refractivity contribution in [1.82, 2.24) is 20.1 Å². The molecule has 0 aliphatic rings. The molecule has 1 atom stereocenters. The van der Waals surface area contributed by atoms with Crippen molar-refractivity contribution >= 4 is 18.1 Å². The number of carbonyl (C=O) groups is 1. The van der Waals surface area contributed by atoms with E-state index in [-0.39, 0.29) is 5.91 Å². The van der Waals surface area contributed by atoms with Gasteiger partial charge < -0.3 is 14.6 Å². The lowest BCUT2D eigenvalue weighted by atomic mass is 10.1. The number of aromatic amines is 1. The molecule has 1 amide bonds. The van der Waals surface area contributed by atoms with Gasteiger partial charge in [0.1, 0.15) is 5.75 Å². The summed E-state index contributed by atoms with van der Waals surface area (Å²) >= 11 is 5.03. The number of nitrogens with one attached hydrogen (secondary N) is 2. The predicted molar refractivity (Wildman–Crippen MR) is 86.2 cm³/mol. The average molecular weight is 320 g/mol. The molecule has 2 rings (SSSR count). The number of nitrogens with zero attached hydrogens (tertiary/aromatic N) is 2. The molecule has 1 heterocycles. The minimum absolute atomic E-state index is 0.199. The van der Waals surface area contributed by atoms with Crippen LogP contribution in [0.5, 0.6) is 5.75 Å². The van der Waals surface area contributed by atoms with E-state index in [1.807, 2.05) is 32.0 Å². The molecule has 0 fully saturated rings. The minimum atomic E-state index is -0.590. The summed E-state index contributed by atoms with van der Waals surface area (Å²) in [5.41, 5.74) is 2.17. The van der Waals surface area contributed by atoms with Crippen LogP contribution in [0.1, 0.15) is 23.9 Å². The Balaban J connectivity index is 1.96. The lowest BCUT2D eigenvalue weighted by Gasteiger charge is -2.17. The molecule has 7 heteroatoms. The highest BCUT2D eigenvalue weighted by atomic mass is 32.1. The van der Waals surface area contributed by atoms with Crippen molar-refractivity contribution in [2.24, 2.45) is 7.05 Å². The third kappa shape index (κ3) is 3.54. The van der Waals surface area contributed by atoms with Crippen LogP contribution in [-0.4, -0.2) is 26.8 Å². The summed E-state index contributed by atoms with van der Waals surface area (Å²) in [6, 6.07) is 5.79. The van der Waals surface area contributed by atoms with Crippen LogP contribution in [0.4, 0.5) is 0 Å².